The lowest BCUT2D eigenvalue weighted by Crippen LogP contribution is -2.05. The van der Waals surface area contributed by atoms with E-state index in [1.807, 2.05) is 30.3 Å². The first-order valence-corrected chi connectivity index (χ1v) is 9.16. The number of nitrogens with zero attached hydrogens (tertiary/aromatic N) is 1. The fourth-order valence-corrected chi connectivity index (χ4v) is 3.21. The molecule has 1 aromatic heterocycles. The molecule has 4 nitrogen and oxygen atoms in total. The highest BCUT2D eigenvalue weighted by Gasteiger charge is 2.13. The molecule has 0 atom stereocenters. The minimum absolute atomic E-state index is 0.107. The Kier molecular flexibility index (Phi) is 5.65. The van der Waals surface area contributed by atoms with Crippen molar-refractivity contribution in [2.45, 2.75) is 32.6 Å². The van der Waals surface area contributed by atoms with Gasteiger partial charge in [-0.1, -0.05) is 26.0 Å². The molecule has 0 spiro atoms. The Bertz CT molecular complexity index is 906. The summed E-state index contributed by atoms with van der Waals surface area (Å²) >= 11 is 0. The van der Waals surface area contributed by atoms with Gasteiger partial charge in [-0.2, -0.15) is 0 Å². The van der Waals surface area contributed by atoms with E-state index < -0.39 is 5.97 Å². The van der Waals surface area contributed by atoms with Crippen molar-refractivity contribution >= 4 is 5.97 Å². The average Bonchev–Trinajstić information content (AvgIpc) is 3.10. The number of rotatable bonds is 7. The molecule has 0 aliphatic heterocycles. The van der Waals surface area contributed by atoms with Crippen LogP contribution in [0.25, 0.3) is 16.9 Å². The second-order valence-corrected chi connectivity index (χ2v) is 6.91. The van der Waals surface area contributed by atoms with Gasteiger partial charge in [-0.05, 0) is 72.0 Å². The van der Waals surface area contributed by atoms with Crippen LogP contribution in [0.1, 0.15) is 37.4 Å². The minimum atomic E-state index is -0.788. The van der Waals surface area contributed by atoms with Gasteiger partial charge >= 0.3 is 5.97 Å². The Morgan fingerprint density at radius 1 is 1.00 bits per heavy atom. The Morgan fingerprint density at radius 3 is 2.22 bits per heavy atom. The number of carboxylic acid groups (broad SMARTS) is 1. The monoisotopic (exact) mass is 363 g/mol. The second kappa shape index (κ2) is 8.12. The molecule has 0 amide bonds. The van der Waals surface area contributed by atoms with Crippen LogP contribution in [0.3, 0.4) is 0 Å². The lowest BCUT2D eigenvalue weighted by atomic mass is 10.0. The summed E-state index contributed by atoms with van der Waals surface area (Å²) in [5.74, 6) is 0.490. The third-order valence-electron chi connectivity index (χ3n) is 4.76. The molecule has 0 unspecified atom stereocenters. The molecule has 0 fully saturated rings. The van der Waals surface area contributed by atoms with E-state index in [1.165, 1.54) is 5.56 Å². The number of aromatic nitrogens is 1. The molecule has 1 N–H and O–H groups in total. The Hall–Kier alpha value is -3.01. The normalized spacial score (nSPS) is 11.0. The fraction of sp³-hybridized carbons (Fsp3) is 0.261. The van der Waals surface area contributed by atoms with Gasteiger partial charge < -0.3 is 14.4 Å². The van der Waals surface area contributed by atoms with Gasteiger partial charge in [-0.15, -0.1) is 0 Å². The molecule has 0 saturated carbocycles. The highest BCUT2D eigenvalue weighted by atomic mass is 16.5. The van der Waals surface area contributed by atoms with Crippen molar-refractivity contribution in [1.29, 1.82) is 0 Å². The van der Waals surface area contributed by atoms with Gasteiger partial charge in [0.1, 0.15) is 5.75 Å². The highest BCUT2D eigenvalue weighted by molar-refractivity contribution is 5.68. The number of hydrogen-bond acceptors (Lipinski definition) is 2. The summed E-state index contributed by atoms with van der Waals surface area (Å²) < 4.78 is 7.40. The largest absolute Gasteiger partial charge is 0.497 e. The summed E-state index contributed by atoms with van der Waals surface area (Å²) in [7, 11) is 1.65. The van der Waals surface area contributed by atoms with Crippen molar-refractivity contribution in [2.75, 3.05) is 7.11 Å². The maximum absolute atomic E-state index is 11.1. The number of carbonyl (C=O) groups is 1. The summed E-state index contributed by atoms with van der Waals surface area (Å²) in [6, 6.07) is 20.5. The van der Waals surface area contributed by atoms with Crippen molar-refractivity contribution in [3.05, 3.63) is 71.9 Å². The van der Waals surface area contributed by atoms with Gasteiger partial charge in [0.2, 0.25) is 0 Å². The van der Waals surface area contributed by atoms with Gasteiger partial charge in [0.05, 0.1) is 19.2 Å². The van der Waals surface area contributed by atoms with Gasteiger partial charge in [0.25, 0.3) is 0 Å². The smallest absolute Gasteiger partial charge is 0.303 e. The topological polar surface area (TPSA) is 51.5 Å². The number of carboxylic acids is 1. The number of aryl methyl sites for hydroxylation is 1. The van der Waals surface area contributed by atoms with Gasteiger partial charge in [-0.25, -0.2) is 0 Å². The van der Waals surface area contributed by atoms with Crippen molar-refractivity contribution in [1.82, 2.24) is 4.57 Å². The van der Waals surface area contributed by atoms with E-state index in [9.17, 15) is 4.79 Å². The first kappa shape index (κ1) is 18.8. The Balaban J connectivity index is 2.06. The van der Waals surface area contributed by atoms with Crippen LogP contribution in [0.15, 0.2) is 60.7 Å². The zero-order valence-corrected chi connectivity index (χ0v) is 16.0. The number of methoxy groups -OCH3 is 1. The maximum atomic E-state index is 11.1. The van der Waals surface area contributed by atoms with Crippen molar-refractivity contribution in [3.63, 3.8) is 0 Å². The SMILES string of the molecule is COc1ccc(-c2ccc(CCC(=O)O)n2-c2ccc(C(C)C)cc2)cc1. The molecule has 140 valence electrons. The predicted molar refractivity (Wildman–Crippen MR) is 108 cm³/mol. The van der Waals surface area contributed by atoms with Crippen LogP contribution in [0.4, 0.5) is 0 Å². The van der Waals surface area contributed by atoms with Crippen LogP contribution in [0.5, 0.6) is 5.75 Å². The molecule has 0 aliphatic carbocycles. The van der Waals surface area contributed by atoms with Crippen LogP contribution >= 0.6 is 0 Å². The molecule has 0 radical (unpaired) electrons. The van der Waals surface area contributed by atoms with Gasteiger partial charge in [0, 0.05) is 11.4 Å². The predicted octanol–water partition coefficient (Wildman–Crippen LogP) is 5.29. The summed E-state index contributed by atoms with van der Waals surface area (Å²) in [5.41, 5.74) is 5.40. The van der Waals surface area contributed by atoms with Crippen molar-refractivity contribution < 1.29 is 14.6 Å². The fourth-order valence-electron chi connectivity index (χ4n) is 3.21. The van der Waals surface area contributed by atoms with Crippen molar-refractivity contribution in [3.8, 4) is 22.7 Å². The first-order valence-electron chi connectivity index (χ1n) is 9.16. The summed E-state index contributed by atoms with van der Waals surface area (Å²) in [4.78, 5) is 11.1. The standard InChI is InChI=1S/C23H25NO3/c1-16(2)17-4-8-19(9-5-17)24-20(11-15-23(25)26)10-14-22(24)18-6-12-21(27-3)13-7-18/h4-10,12-14,16H,11,15H2,1-3H3,(H,25,26). The summed E-state index contributed by atoms with van der Waals surface area (Å²) in [6.45, 7) is 4.34. The van der Waals surface area contributed by atoms with E-state index in [0.29, 0.717) is 12.3 Å². The van der Waals surface area contributed by atoms with Crippen LogP contribution < -0.4 is 4.74 Å². The van der Waals surface area contributed by atoms with E-state index in [4.69, 9.17) is 9.84 Å². The van der Waals surface area contributed by atoms with Gasteiger partial charge in [-0.3, -0.25) is 4.79 Å². The quantitative estimate of drug-likeness (QED) is 0.620. The molecule has 2 aromatic carbocycles. The molecule has 1 heterocycles. The third-order valence-corrected chi connectivity index (χ3v) is 4.76. The average molecular weight is 363 g/mol. The molecular formula is C23H25NO3. The van der Waals surface area contributed by atoms with Crippen LogP contribution in [-0.4, -0.2) is 22.8 Å². The molecule has 27 heavy (non-hydrogen) atoms. The molecule has 0 aliphatic rings. The third kappa shape index (κ3) is 4.22. The number of hydrogen-bond donors (Lipinski definition) is 1. The lowest BCUT2D eigenvalue weighted by molar-refractivity contribution is -0.136. The van der Waals surface area contributed by atoms with E-state index in [2.05, 4.69) is 48.7 Å². The second-order valence-electron chi connectivity index (χ2n) is 6.91. The zero-order valence-electron chi connectivity index (χ0n) is 16.0. The summed E-state index contributed by atoms with van der Waals surface area (Å²) in [5, 5.41) is 9.09. The number of aliphatic carboxylic acids is 1. The first-order chi connectivity index (χ1) is 13.0. The van der Waals surface area contributed by atoms with Crippen LogP contribution in [0.2, 0.25) is 0 Å². The van der Waals surface area contributed by atoms with Crippen LogP contribution in [-0.2, 0) is 11.2 Å². The Morgan fingerprint density at radius 2 is 1.67 bits per heavy atom. The highest BCUT2D eigenvalue weighted by Crippen LogP contribution is 2.29. The van der Waals surface area contributed by atoms with E-state index in [-0.39, 0.29) is 6.42 Å². The lowest BCUT2D eigenvalue weighted by Gasteiger charge is -2.15. The molecule has 0 bridgehead atoms. The molecular weight excluding hydrogens is 338 g/mol. The van der Waals surface area contributed by atoms with E-state index in [0.717, 1.165) is 28.4 Å². The number of benzene rings is 2. The minimum Gasteiger partial charge on any atom is -0.497 e. The molecule has 3 rings (SSSR count). The van der Waals surface area contributed by atoms with Crippen molar-refractivity contribution in [2.24, 2.45) is 0 Å². The summed E-state index contributed by atoms with van der Waals surface area (Å²) in [6.07, 6.45) is 0.591. The number of ether oxygens (including phenoxy) is 1. The van der Waals surface area contributed by atoms with E-state index >= 15 is 0 Å². The van der Waals surface area contributed by atoms with Crippen LogP contribution in [0, 0.1) is 0 Å². The molecule has 4 heteroatoms. The van der Waals surface area contributed by atoms with Gasteiger partial charge in [0.15, 0.2) is 0 Å². The molecule has 3 aromatic rings. The van der Waals surface area contributed by atoms with E-state index in [1.54, 1.807) is 7.11 Å². The maximum Gasteiger partial charge on any atom is 0.303 e. The zero-order chi connectivity index (χ0) is 19.4. The Labute approximate surface area is 160 Å². The molecule has 0 saturated heterocycles.